The van der Waals surface area contributed by atoms with Crippen LogP contribution in [-0.4, -0.2) is 5.11 Å². The van der Waals surface area contributed by atoms with Gasteiger partial charge in [0, 0.05) is 4.48 Å². The number of hydrogen-bond donors (Lipinski definition) is 1. The number of benzene rings is 2. The molecule has 2 rings (SSSR count). The quantitative estimate of drug-likeness (QED) is 0.900. The second kappa shape index (κ2) is 5.51. The van der Waals surface area contributed by atoms with Crippen molar-refractivity contribution in [3.63, 3.8) is 0 Å². The van der Waals surface area contributed by atoms with Gasteiger partial charge in [0.15, 0.2) is 0 Å². The largest absolute Gasteiger partial charge is 0.376 e. The van der Waals surface area contributed by atoms with Gasteiger partial charge in [0.25, 0.3) is 0 Å². The van der Waals surface area contributed by atoms with Crippen molar-refractivity contribution >= 4 is 15.9 Å². The Hall–Kier alpha value is -1.38. The van der Waals surface area contributed by atoms with E-state index in [0.29, 0.717) is 0 Å². The summed E-state index contributed by atoms with van der Waals surface area (Å²) in [6.07, 6.45) is 1.88. The fourth-order valence-corrected chi connectivity index (χ4v) is 2.47. The fourth-order valence-electron chi connectivity index (χ4n) is 2.01. The van der Waals surface area contributed by atoms with Crippen molar-refractivity contribution in [3.8, 4) is 0 Å². The molecule has 0 bridgehead atoms. The molecule has 0 aliphatic heterocycles. The second-order valence-electron chi connectivity index (χ2n) is 4.08. The summed E-state index contributed by atoms with van der Waals surface area (Å²) in [7, 11) is 0. The van der Waals surface area contributed by atoms with Crippen LogP contribution >= 0.6 is 15.9 Å². The lowest BCUT2D eigenvalue weighted by Gasteiger charge is -2.29. The van der Waals surface area contributed by atoms with Crippen LogP contribution in [0.4, 0.5) is 0 Å². The lowest BCUT2D eigenvalue weighted by atomic mass is 9.86. The Morgan fingerprint density at radius 1 is 0.944 bits per heavy atom. The summed E-state index contributed by atoms with van der Waals surface area (Å²) >= 11 is 3.48. The first-order chi connectivity index (χ1) is 8.69. The van der Waals surface area contributed by atoms with E-state index in [-0.39, 0.29) is 0 Å². The molecular formula is C16H15BrO. The first kappa shape index (κ1) is 13.1. The van der Waals surface area contributed by atoms with Gasteiger partial charge < -0.3 is 5.11 Å². The number of rotatable bonds is 3. The van der Waals surface area contributed by atoms with Gasteiger partial charge >= 0.3 is 0 Å². The maximum atomic E-state index is 11.1. The van der Waals surface area contributed by atoms with Gasteiger partial charge in [-0.05, 0) is 18.1 Å². The minimum atomic E-state index is -1.13. The van der Waals surface area contributed by atoms with Crippen molar-refractivity contribution < 1.29 is 5.11 Å². The first-order valence-electron chi connectivity index (χ1n) is 5.85. The van der Waals surface area contributed by atoms with Crippen LogP contribution in [0.15, 0.2) is 71.2 Å². The van der Waals surface area contributed by atoms with E-state index in [1.165, 1.54) is 0 Å². The van der Waals surface area contributed by atoms with Gasteiger partial charge in [-0.25, -0.2) is 0 Å². The predicted molar refractivity (Wildman–Crippen MR) is 78.6 cm³/mol. The van der Waals surface area contributed by atoms with Crippen LogP contribution in [0.5, 0.6) is 0 Å². The Morgan fingerprint density at radius 3 is 1.67 bits per heavy atom. The molecule has 0 amide bonds. The highest BCUT2D eigenvalue weighted by Crippen LogP contribution is 2.39. The Kier molecular flexibility index (Phi) is 4.00. The first-order valence-corrected chi connectivity index (χ1v) is 6.64. The van der Waals surface area contributed by atoms with Gasteiger partial charge in [-0.1, -0.05) is 82.7 Å². The summed E-state index contributed by atoms with van der Waals surface area (Å²) in [6, 6.07) is 19.3. The number of aliphatic hydroxyl groups is 1. The van der Waals surface area contributed by atoms with Gasteiger partial charge in [-0.3, -0.25) is 0 Å². The molecule has 0 unspecified atom stereocenters. The van der Waals surface area contributed by atoms with E-state index in [1.807, 2.05) is 73.7 Å². The third kappa shape index (κ3) is 2.26. The van der Waals surface area contributed by atoms with Crippen molar-refractivity contribution in [2.75, 3.05) is 0 Å². The summed E-state index contributed by atoms with van der Waals surface area (Å²) in [4.78, 5) is 0. The van der Waals surface area contributed by atoms with Gasteiger partial charge in [-0.2, -0.15) is 0 Å². The zero-order chi connectivity index (χ0) is 13.0. The SMILES string of the molecule is C/C=C(\Br)C(O)(c1ccccc1)c1ccccc1. The Balaban J connectivity index is 2.63. The minimum Gasteiger partial charge on any atom is -0.376 e. The molecule has 92 valence electrons. The van der Waals surface area contributed by atoms with Crippen molar-refractivity contribution in [1.82, 2.24) is 0 Å². The van der Waals surface area contributed by atoms with E-state index >= 15 is 0 Å². The molecule has 0 aliphatic rings. The molecule has 18 heavy (non-hydrogen) atoms. The summed E-state index contributed by atoms with van der Waals surface area (Å²) in [5.74, 6) is 0. The number of hydrogen-bond acceptors (Lipinski definition) is 1. The maximum absolute atomic E-state index is 11.1. The molecule has 2 aromatic rings. The molecule has 1 nitrogen and oxygen atoms in total. The summed E-state index contributed by atoms with van der Waals surface area (Å²) < 4.78 is 0.743. The normalized spacial score (nSPS) is 12.5. The summed E-state index contributed by atoms with van der Waals surface area (Å²) in [6.45, 7) is 1.90. The van der Waals surface area contributed by atoms with Crippen LogP contribution in [0.2, 0.25) is 0 Å². The van der Waals surface area contributed by atoms with E-state index in [9.17, 15) is 5.11 Å². The van der Waals surface area contributed by atoms with Crippen molar-refractivity contribution in [2.45, 2.75) is 12.5 Å². The third-order valence-corrected chi connectivity index (χ3v) is 4.01. The van der Waals surface area contributed by atoms with Gasteiger partial charge in [0.05, 0.1) is 0 Å². The molecule has 0 aliphatic carbocycles. The molecule has 0 fully saturated rings. The molecule has 0 atom stereocenters. The lowest BCUT2D eigenvalue weighted by Crippen LogP contribution is -2.27. The van der Waals surface area contributed by atoms with Crippen LogP contribution in [0, 0.1) is 0 Å². The molecule has 0 heterocycles. The molecule has 2 aromatic carbocycles. The Bertz CT molecular complexity index is 492. The molecule has 0 saturated heterocycles. The molecular weight excluding hydrogens is 288 g/mol. The molecule has 0 saturated carbocycles. The van der Waals surface area contributed by atoms with Crippen molar-refractivity contribution in [3.05, 3.63) is 82.3 Å². The molecule has 0 aromatic heterocycles. The molecule has 1 N–H and O–H groups in total. The highest BCUT2D eigenvalue weighted by atomic mass is 79.9. The average Bonchev–Trinajstić information content (AvgIpc) is 2.47. The molecule has 0 spiro atoms. The number of allylic oxidation sites excluding steroid dienone is 1. The zero-order valence-electron chi connectivity index (χ0n) is 10.2. The van der Waals surface area contributed by atoms with E-state index < -0.39 is 5.60 Å². The Morgan fingerprint density at radius 2 is 1.33 bits per heavy atom. The van der Waals surface area contributed by atoms with E-state index in [2.05, 4.69) is 15.9 Å². The maximum Gasteiger partial charge on any atom is 0.146 e. The van der Waals surface area contributed by atoms with Crippen molar-refractivity contribution in [1.29, 1.82) is 0 Å². The van der Waals surface area contributed by atoms with Gasteiger partial charge in [0.2, 0.25) is 0 Å². The standard InChI is InChI=1S/C16H15BrO/c1-2-15(17)16(18,13-9-5-3-6-10-13)14-11-7-4-8-12-14/h2-12,18H,1H3/b15-2-. The van der Waals surface area contributed by atoms with E-state index in [4.69, 9.17) is 0 Å². The van der Waals surface area contributed by atoms with E-state index in [1.54, 1.807) is 0 Å². The third-order valence-electron chi connectivity index (χ3n) is 2.98. The second-order valence-corrected chi connectivity index (χ2v) is 4.93. The topological polar surface area (TPSA) is 20.2 Å². The summed E-state index contributed by atoms with van der Waals surface area (Å²) in [5.41, 5.74) is 0.569. The minimum absolute atomic E-state index is 0.743. The smallest absolute Gasteiger partial charge is 0.146 e. The zero-order valence-corrected chi connectivity index (χ0v) is 11.8. The highest BCUT2D eigenvalue weighted by molar-refractivity contribution is 9.11. The molecule has 2 heteroatoms. The lowest BCUT2D eigenvalue weighted by molar-refractivity contribution is 0.131. The van der Waals surface area contributed by atoms with Gasteiger partial charge in [-0.15, -0.1) is 0 Å². The van der Waals surface area contributed by atoms with E-state index in [0.717, 1.165) is 15.6 Å². The number of halogens is 1. The summed E-state index contributed by atoms with van der Waals surface area (Å²) in [5, 5.41) is 11.1. The van der Waals surface area contributed by atoms with Crippen LogP contribution in [0.3, 0.4) is 0 Å². The monoisotopic (exact) mass is 302 g/mol. The van der Waals surface area contributed by atoms with Crippen LogP contribution in [0.25, 0.3) is 0 Å². The van der Waals surface area contributed by atoms with Crippen molar-refractivity contribution in [2.24, 2.45) is 0 Å². The van der Waals surface area contributed by atoms with Crippen LogP contribution in [-0.2, 0) is 5.60 Å². The van der Waals surface area contributed by atoms with Crippen LogP contribution < -0.4 is 0 Å². The van der Waals surface area contributed by atoms with Crippen LogP contribution in [0.1, 0.15) is 18.1 Å². The Labute approximate surface area is 116 Å². The molecule has 0 radical (unpaired) electrons. The van der Waals surface area contributed by atoms with Gasteiger partial charge in [0.1, 0.15) is 5.60 Å². The fraction of sp³-hybridized carbons (Fsp3) is 0.125. The highest BCUT2D eigenvalue weighted by Gasteiger charge is 2.33. The predicted octanol–water partition coefficient (Wildman–Crippen LogP) is 4.22. The average molecular weight is 303 g/mol.